The van der Waals surface area contributed by atoms with Crippen molar-refractivity contribution in [1.82, 2.24) is 19.7 Å². The minimum absolute atomic E-state index is 0.0625. The van der Waals surface area contributed by atoms with E-state index < -0.39 is 12.0 Å². The highest BCUT2D eigenvalue weighted by atomic mass is 16.4. The molecule has 3 unspecified atom stereocenters. The molecule has 3 atom stereocenters. The van der Waals surface area contributed by atoms with Crippen LogP contribution < -0.4 is 0 Å². The summed E-state index contributed by atoms with van der Waals surface area (Å²) in [6.07, 6.45) is 8.60. The quantitative estimate of drug-likeness (QED) is 0.894. The molecule has 2 aliphatic rings. The molecule has 1 aliphatic heterocycles. The highest BCUT2D eigenvalue weighted by Gasteiger charge is 2.43. The van der Waals surface area contributed by atoms with E-state index >= 15 is 0 Å². The molecule has 2 heterocycles. The second-order valence-electron chi connectivity index (χ2n) is 5.94. The van der Waals surface area contributed by atoms with Crippen molar-refractivity contribution in [2.75, 3.05) is 0 Å². The molecular formula is C14H20N4O3. The number of hydrogen-bond acceptors (Lipinski definition) is 4. The molecule has 7 nitrogen and oxygen atoms in total. The van der Waals surface area contributed by atoms with E-state index in [1.807, 2.05) is 0 Å². The summed E-state index contributed by atoms with van der Waals surface area (Å²) in [5, 5.41) is 13.4. The second kappa shape index (κ2) is 5.83. The monoisotopic (exact) mass is 292 g/mol. The summed E-state index contributed by atoms with van der Waals surface area (Å²) in [4.78, 5) is 29.6. The summed E-state index contributed by atoms with van der Waals surface area (Å²) in [6.45, 7) is 0.0625. The number of aliphatic carboxylic acids is 1. The first-order valence-corrected chi connectivity index (χ1v) is 7.53. The van der Waals surface area contributed by atoms with Gasteiger partial charge in [-0.05, 0) is 31.6 Å². The van der Waals surface area contributed by atoms with Gasteiger partial charge in [-0.15, -0.1) is 0 Å². The number of rotatable bonds is 3. The molecule has 1 saturated heterocycles. The zero-order chi connectivity index (χ0) is 14.8. The predicted octanol–water partition coefficient (Wildman–Crippen LogP) is 0.912. The van der Waals surface area contributed by atoms with E-state index in [1.54, 1.807) is 4.90 Å². The minimum atomic E-state index is -0.897. The zero-order valence-electron chi connectivity index (χ0n) is 11.9. The highest BCUT2D eigenvalue weighted by molar-refractivity contribution is 5.84. The number of hydrogen-bond donors (Lipinski definition) is 1. The van der Waals surface area contributed by atoms with Crippen molar-refractivity contribution in [2.24, 2.45) is 5.92 Å². The van der Waals surface area contributed by atoms with Crippen molar-refractivity contribution in [1.29, 1.82) is 0 Å². The molecule has 1 aliphatic carbocycles. The molecule has 0 spiro atoms. The van der Waals surface area contributed by atoms with E-state index in [-0.39, 0.29) is 18.5 Å². The van der Waals surface area contributed by atoms with Crippen LogP contribution in [-0.2, 0) is 16.1 Å². The minimum Gasteiger partial charge on any atom is -0.480 e. The molecule has 0 radical (unpaired) electrons. The van der Waals surface area contributed by atoms with Crippen LogP contribution in [0.25, 0.3) is 0 Å². The van der Waals surface area contributed by atoms with Crippen LogP contribution in [0, 0.1) is 5.92 Å². The molecule has 0 aromatic carbocycles. The van der Waals surface area contributed by atoms with Gasteiger partial charge in [-0.3, -0.25) is 4.79 Å². The van der Waals surface area contributed by atoms with Gasteiger partial charge in [0.2, 0.25) is 5.91 Å². The third kappa shape index (κ3) is 2.77. The van der Waals surface area contributed by atoms with E-state index in [0.717, 1.165) is 25.7 Å². The van der Waals surface area contributed by atoms with Crippen LogP contribution in [0.15, 0.2) is 12.7 Å². The summed E-state index contributed by atoms with van der Waals surface area (Å²) in [6, 6.07) is -0.620. The van der Waals surface area contributed by atoms with Gasteiger partial charge in [0.05, 0.1) is 0 Å². The van der Waals surface area contributed by atoms with Gasteiger partial charge in [-0.2, -0.15) is 5.10 Å². The molecule has 2 fully saturated rings. The van der Waals surface area contributed by atoms with Gasteiger partial charge in [-0.1, -0.05) is 12.8 Å². The fourth-order valence-corrected chi connectivity index (χ4v) is 3.77. The van der Waals surface area contributed by atoms with Gasteiger partial charge in [0, 0.05) is 6.04 Å². The van der Waals surface area contributed by atoms with E-state index in [9.17, 15) is 14.7 Å². The molecule has 114 valence electrons. The van der Waals surface area contributed by atoms with Gasteiger partial charge < -0.3 is 10.0 Å². The molecule has 1 aromatic heterocycles. The highest BCUT2D eigenvalue weighted by Crippen LogP contribution is 2.38. The number of carboxylic acids is 1. The molecule has 1 amide bonds. The third-order valence-electron chi connectivity index (χ3n) is 4.71. The Morgan fingerprint density at radius 3 is 2.71 bits per heavy atom. The van der Waals surface area contributed by atoms with Crippen LogP contribution in [0.4, 0.5) is 0 Å². The van der Waals surface area contributed by atoms with Crippen molar-refractivity contribution >= 4 is 11.9 Å². The number of likely N-dealkylation sites (tertiary alicyclic amines) is 1. The number of carboxylic acid groups (broad SMARTS) is 1. The first kappa shape index (κ1) is 14.0. The van der Waals surface area contributed by atoms with E-state index in [0.29, 0.717) is 12.3 Å². The Morgan fingerprint density at radius 2 is 2.00 bits per heavy atom. The Labute approximate surface area is 123 Å². The van der Waals surface area contributed by atoms with Crippen LogP contribution in [0.5, 0.6) is 0 Å². The molecule has 7 heteroatoms. The van der Waals surface area contributed by atoms with Crippen molar-refractivity contribution in [3.05, 3.63) is 12.7 Å². The van der Waals surface area contributed by atoms with E-state index in [1.165, 1.54) is 23.8 Å². The average molecular weight is 292 g/mol. The number of piperidine rings is 1. The molecule has 0 bridgehead atoms. The first-order valence-electron chi connectivity index (χ1n) is 7.53. The zero-order valence-corrected chi connectivity index (χ0v) is 11.9. The standard InChI is InChI=1S/C14H20N4O3/c19-13(7-17-9-15-8-16-17)18-11-4-2-1-3-10(11)5-6-12(18)14(20)21/h8-12H,1-7H2,(H,20,21). The lowest BCUT2D eigenvalue weighted by Gasteiger charge is -2.47. The summed E-state index contributed by atoms with van der Waals surface area (Å²) < 4.78 is 1.45. The Kier molecular flexibility index (Phi) is 3.90. The van der Waals surface area contributed by atoms with Crippen LogP contribution in [0.3, 0.4) is 0 Å². The maximum atomic E-state index is 12.6. The number of carbonyl (C=O) groups is 2. The van der Waals surface area contributed by atoms with Crippen LogP contribution in [-0.4, -0.2) is 48.7 Å². The number of fused-ring (bicyclic) bond motifs is 1. The normalized spacial score (nSPS) is 29.0. The summed E-state index contributed by atoms with van der Waals surface area (Å²) in [5.41, 5.74) is 0. The van der Waals surface area contributed by atoms with Gasteiger partial charge in [-0.25, -0.2) is 14.5 Å². The topological polar surface area (TPSA) is 88.3 Å². The van der Waals surface area contributed by atoms with E-state index in [4.69, 9.17) is 0 Å². The molecule has 1 saturated carbocycles. The number of carbonyl (C=O) groups excluding carboxylic acids is 1. The average Bonchev–Trinajstić information content (AvgIpc) is 2.98. The lowest BCUT2D eigenvalue weighted by molar-refractivity contribution is -0.158. The summed E-state index contributed by atoms with van der Waals surface area (Å²) in [5.74, 6) is -0.607. The number of nitrogens with zero attached hydrogens (tertiary/aromatic N) is 4. The van der Waals surface area contributed by atoms with Gasteiger partial charge in [0.25, 0.3) is 0 Å². The third-order valence-corrected chi connectivity index (χ3v) is 4.71. The Bertz CT molecular complexity index is 516. The van der Waals surface area contributed by atoms with Gasteiger partial charge in [0.1, 0.15) is 25.2 Å². The Balaban J connectivity index is 1.81. The van der Waals surface area contributed by atoms with Crippen LogP contribution >= 0.6 is 0 Å². The number of aromatic nitrogens is 3. The van der Waals surface area contributed by atoms with E-state index in [2.05, 4.69) is 10.1 Å². The predicted molar refractivity (Wildman–Crippen MR) is 73.3 cm³/mol. The van der Waals surface area contributed by atoms with Crippen LogP contribution in [0.1, 0.15) is 38.5 Å². The van der Waals surface area contributed by atoms with Gasteiger partial charge in [0.15, 0.2) is 0 Å². The first-order chi connectivity index (χ1) is 10.2. The fourth-order valence-electron chi connectivity index (χ4n) is 3.77. The summed E-state index contributed by atoms with van der Waals surface area (Å²) in [7, 11) is 0. The lowest BCUT2D eigenvalue weighted by Crippen LogP contribution is -2.58. The largest absolute Gasteiger partial charge is 0.480 e. The molecule has 1 aromatic rings. The molecule has 21 heavy (non-hydrogen) atoms. The molecular weight excluding hydrogens is 272 g/mol. The molecule has 1 N–H and O–H groups in total. The van der Waals surface area contributed by atoms with Crippen molar-refractivity contribution in [3.63, 3.8) is 0 Å². The maximum Gasteiger partial charge on any atom is 0.326 e. The van der Waals surface area contributed by atoms with Crippen molar-refractivity contribution in [3.8, 4) is 0 Å². The smallest absolute Gasteiger partial charge is 0.326 e. The van der Waals surface area contributed by atoms with Crippen molar-refractivity contribution < 1.29 is 14.7 Å². The molecule has 3 rings (SSSR count). The number of amides is 1. The Hall–Kier alpha value is -1.92. The second-order valence-corrected chi connectivity index (χ2v) is 5.94. The summed E-state index contributed by atoms with van der Waals surface area (Å²) >= 11 is 0. The fraction of sp³-hybridized carbons (Fsp3) is 0.714. The SMILES string of the molecule is O=C(O)C1CCC2CCCCC2N1C(=O)Cn1cncn1. The van der Waals surface area contributed by atoms with Crippen molar-refractivity contribution in [2.45, 2.75) is 57.2 Å². The van der Waals surface area contributed by atoms with Crippen LogP contribution in [0.2, 0.25) is 0 Å². The Morgan fingerprint density at radius 1 is 1.19 bits per heavy atom. The van der Waals surface area contributed by atoms with Gasteiger partial charge >= 0.3 is 5.97 Å². The maximum absolute atomic E-state index is 12.6. The lowest BCUT2D eigenvalue weighted by atomic mass is 9.76.